The topological polar surface area (TPSA) is 81.0 Å². The number of aromatic nitrogens is 2. The molecule has 3 rings (SSSR count). The van der Waals surface area contributed by atoms with Gasteiger partial charge in [0.05, 0.1) is 16.1 Å². The highest BCUT2D eigenvalue weighted by molar-refractivity contribution is 8.01. The van der Waals surface area contributed by atoms with Crippen molar-refractivity contribution in [3.8, 4) is 0 Å². The number of hydrogen-bond donors (Lipinski definition) is 1. The molecule has 1 N–H and O–H groups in total. The van der Waals surface area contributed by atoms with Crippen LogP contribution in [0.4, 0.5) is 5.82 Å². The van der Waals surface area contributed by atoms with Gasteiger partial charge in [0, 0.05) is 12.7 Å². The molecule has 1 aromatic carbocycles. The number of hydrogen-bond acceptors (Lipinski definition) is 7. The van der Waals surface area contributed by atoms with Gasteiger partial charge in [0.2, 0.25) is 5.01 Å². The number of halogens is 2. The van der Waals surface area contributed by atoms with Crippen LogP contribution in [0.2, 0.25) is 10.0 Å². The van der Waals surface area contributed by atoms with Crippen LogP contribution in [0.5, 0.6) is 0 Å². The van der Waals surface area contributed by atoms with E-state index in [0.717, 1.165) is 17.3 Å². The number of nitrogens with one attached hydrogen (secondary N) is 1. The molecular formula is C17H14Cl2N4O2S2. The molecule has 2 heterocycles. The largest absolute Gasteiger partial charge is 0.389 e. The van der Waals surface area contributed by atoms with Crippen molar-refractivity contribution in [3.63, 3.8) is 0 Å². The average Bonchev–Trinajstić information content (AvgIpc) is 3.07. The summed E-state index contributed by atoms with van der Waals surface area (Å²) in [6, 6.07) is 11.3. The third-order valence-corrected chi connectivity index (χ3v) is 6.57. The fraction of sp³-hybridized carbons (Fsp3) is 0.176. The first-order valence-electron chi connectivity index (χ1n) is 7.85. The van der Waals surface area contributed by atoms with Gasteiger partial charge >= 0.3 is 5.82 Å². The van der Waals surface area contributed by atoms with E-state index < -0.39 is 4.92 Å². The molecule has 2 aromatic heterocycles. The van der Waals surface area contributed by atoms with Crippen molar-refractivity contribution >= 4 is 52.1 Å². The highest BCUT2D eigenvalue weighted by atomic mass is 35.5. The van der Waals surface area contributed by atoms with Crippen LogP contribution in [0.25, 0.3) is 0 Å². The molecular weight excluding hydrogens is 427 g/mol. The number of pyridine rings is 1. The summed E-state index contributed by atoms with van der Waals surface area (Å²) in [4.78, 5) is 19.3. The highest BCUT2D eigenvalue weighted by Crippen LogP contribution is 2.42. The van der Waals surface area contributed by atoms with Crippen molar-refractivity contribution in [2.24, 2.45) is 0 Å². The molecule has 0 saturated heterocycles. The first kappa shape index (κ1) is 20.0. The van der Waals surface area contributed by atoms with Gasteiger partial charge in [-0.25, -0.2) is 4.98 Å². The third kappa shape index (κ3) is 5.18. The van der Waals surface area contributed by atoms with Crippen LogP contribution in [-0.2, 0) is 6.54 Å². The lowest BCUT2D eigenvalue weighted by Gasteiger charge is -2.08. The van der Waals surface area contributed by atoms with Crippen molar-refractivity contribution in [1.82, 2.24) is 15.3 Å². The zero-order valence-electron chi connectivity index (χ0n) is 14.1. The first-order valence-corrected chi connectivity index (χ1v) is 10.2. The Bertz CT molecular complexity index is 953. The van der Waals surface area contributed by atoms with Crippen molar-refractivity contribution in [2.45, 2.75) is 28.7 Å². The molecule has 0 amide bonds. The Morgan fingerprint density at radius 3 is 2.74 bits per heavy atom. The maximum absolute atomic E-state index is 11.4. The lowest BCUT2D eigenvalue weighted by molar-refractivity contribution is -0.391. The van der Waals surface area contributed by atoms with E-state index in [-0.39, 0.29) is 11.9 Å². The predicted octanol–water partition coefficient (Wildman–Crippen LogP) is 5.76. The Labute approximate surface area is 174 Å². The Kier molecular flexibility index (Phi) is 6.67. The highest BCUT2D eigenvalue weighted by Gasteiger charge is 2.27. The quantitative estimate of drug-likeness (QED) is 0.371. The van der Waals surface area contributed by atoms with E-state index in [4.69, 9.17) is 23.2 Å². The first-order chi connectivity index (χ1) is 12.9. The molecule has 0 aliphatic rings. The number of nitrogens with zero attached hydrogens (tertiary/aromatic N) is 3. The molecule has 0 aliphatic carbocycles. The van der Waals surface area contributed by atoms with Crippen LogP contribution in [0.3, 0.4) is 0 Å². The summed E-state index contributed by atoms with van der Waals surface area (Å²) >= 11 is 14.4. The lowest BCUT2D eigenvalue weighted by Crippen LogP contribution is -2.17. The summed E-state index contributed by atoms with van der Waals surface area (Å²) in [6.07, 6.45) is 1.45. The van der Waals surface area contributed by atoms with Crippen molar-refractivity contribution in [3.05, 3.63) is 73.3 Å². The van der Waals surface area contributed by atoms with Crippen LogP contribution < -0.4 is 5.32 Å². The molecule has 0 fully saturated rings. The molecule has 3 aromatic rings. The normalized spacial score (nSPS) is 12.1. The molecule has 0 radical (unpaired) electrons. The van der Waals surface area contributed by atoms with E-state index in [0.29, 0.717) is 30.8 Å². The zero-order valence-corrected chi connectivity index (χ0v) is 17.2. The van der Waals surface area contributed by atoms with Gasteiger partial charge in [0.25, 0.3) is 0 Å². The van der Waals surface area contributed by atoms with Crippen LogP contribution in [0.15, 0.2) is 51.8 Å². The molecule has 0 spiro atoms. The van der Waals surface area contributed by atoms with Crippen LogP contribution >= 0.6 is 46.3 Å². The zero-order chi connectivity index (χ0) is 19.4. The predicted molar refractivity (Wildman–Crippen MR) is 109 cm³/mol. The monoisotopic (exact) mass is 440 g/mol. The van der Waals surface area contributed by atoms with E-state index in [1.165, 1.54) is 17.5 Å². The molecule has 0 saturated carbocycles. The summed E-state index contributed by atoms with van der Waals surface area (Å²) in [5, 5.41) is 16.6. The van der Waals surface area contributed by atoms with Gasteiger partial charge in [-0.2, -0.15) is 0 Å². The summed E-state index contributed by atoms with van der Waals surface area (Å²) in [6.45, 7) is 2.57. The fourth-order valence-electron chi connectivity index (χ4n) is 2.20. The van der Waals surface area contributed by atoms with E-state index in [9.17, 15) is 10.1 Å². The maximum Gasteiger partial charge on any atom is 0.389 e. The summed E-state index contributed by atoms with van der Waals surface area (Å²) in [7, 11) is 0. The maximum atomic E-state index is 11.4. The number of benzene rings is 1. The molecule has 1 atom stereocenters. The van der Waals surface area contributed by atoms with Crippen molar-refractivity contribution in [2.75, 3.05) is 0 Å². The Hall–Kier alpha value is -1.71. The van der Waals surface area contributed by atoms with Gasteiger partial charge in [0.1, 0.15) is 5.03 Å². The van der Waals surface area contributed by atoms with Crippen LogP contribution in [0.1, 0.15) is 23.5 Å². The summed E-state index contributed by atoms with van der Waals surface area (Å²) in [5.74, 6) is -0.193. The fourth-order valence-corrected chi connectivity index (χ4v) is 4.80. The minimum absolute atomic E-state index is 0.142. The smallest absolute Gasteiger partial charge is 0.358 e. The number of thiazole rings is 1. The van der Waals surface area contributed by atoms with E-state index in [1.807, 2.05) is 37.3 Å². The minimum atomic E-state index is -0.490. The van der Waals surface area contributed by atoms with E-state index >= 15 is 0 Å². The Balaban J connectivity index is 1.79. The molecule has 6 nitrogen and oxygen atoms in total. The SMILES string of the molecule is CC(NCc1ccccc1)c1nc([N+](=O)[O-])c(Sc2ncc(Cl)cc2Cl)s1. The van der Waals surface area contributed by atoms with Gasteiger partial charge in [-0.05, 0) is 40.2 Å². The average molecular weight is 441 g/mol. The molecule has 140 valence electrons. The second-order valence-corrected chi connectivity index (χ2v) is 8.68. The van der Waals surface area contributed by atoms with Crippen LogP contribution in [0, 0.1) is 10.1 Å². The Morgan fingerprint density at radius 2 is 2.07 bits per heavy atom. The summed E-state index contributed by atoms with van der Waals surface area (Å²) < 4.78 is 0.431. The molecule has 27 heavy (non-hydrogen) atoms. The number of nitro groups is 1. The van der Waals surface area contributed by atoms with Gasteiger partial charge in [-0.3, -0.25) is 0 Å². The molecule has 10 heteroatoms. The molecule has 1 unspecified atom stereocenters. The second kappa shape index (κ2) is 8.99. The minimum Gasteiger partial charge on any atom is -0.358 e. The van der Waals surface area contributed by atoms with E-state index in [1.54, 1.807) is 6.07 Å². The molecule has 0 aliphatic heterocycles. The van der Waals surface area contributed by atoms with Gasteiger partial charge in [-0.15, -0.1) is 0 Å². The van der Waals surface area contributed by atoms with Gasteiger partial charge in [0.15, 0.2) is 4.21 Å². The van der Waals surface area contributed by atoms with E-state index in [2.05, 4.69) is 15.3 Å². The Morgan fingerprint density at radius 1 is 1.33 bits per heavy atom. The standard InChI is InChI=1S/C17H14Cl2N4O2S2/c1-10(20-8-11-5-3-2-4-6-11)15-22-14(23(24)25)17(26-15)27-16-13(19)7-12(18)9-21-16/h2-7,9-10,20H,8H2,1H3. The second-order valence-electron chi connectivity index (χ2n) is 5.55. The van der Waals surface area contributed by atoms with Crippen molar-refractivity contribution < 1.29 is 4.92 Å². The lowest BCUT2D eigenvalue weighted by atomic mass is 10.2. The van der Waals surface area contributed by atoms with Crippen LogP contribution in [-0.4, -0.2) is 14.9 Å². The van der Waals surface area contributed by atoms with Gasteiger partial charge < -0.3 is 15.4 Å². The summed E-state index contributed by atoms with van der Waals surface area (Å²) in [5.41, 5.74) is 1.13. The van der Waals surface area contributed by atoms with Crippen molar-refractivity contribution in [1.29, 1.82) is 0 Å². The number of rotatable bonds is 7. The third-order valence-electron chi connectivity index (χ3n) is 3.56. The molecule has 0 bridgehead atoms. The van der Waals surface area contributed by atoms with Gasteiger partial charge in [-0.1, -0.05) is 64.9 Å².